The largest absolute Gasteiger partial charge is 0.454 e. The Morgan fingerprint density at radius 3 is 2.44 bits per heavy atom. The molecule has 34 heavy (non-hydrogen) atoms. The molecule has 2 aromatic carbocycles. The van der Waals surface area contributed by atoms with E-state index in [1.54, 1.807) is 13.8 Å². The Bertz CT molecular complexity index is 1300. The average Bonchev–Trinajstić information content (AvgIpc) is 3.25. The third kappa shape index (κ3) is 5.83. The quantitative estimate of drug-likeness (QED) is 0.271. The summed E-state index contributed by atoms with van der Waals surface area (Å²) in [6.07, 6.45) is 0. The van der Waals surface area contributed by atoms with E-state index in [1.165, 1.54) is 19.1 Å². The highest BCUT2D eigenvalue weighted by Gasteiger charge is 2.31. The maximum atomic E-state index is 12.8. The van der Waals surface area contributed by atoms with Crippen LogP contribution in [0.2, 0.25) is 0 Å². The monoisotopic (exact) mass is 488 g/mol. The Hall–Kier alpha value is -3.64. The van der Waals surface area contributed by atoms with Crippen LogP contribution in [-0.2, 0) is 26.2 Å². The molecule has 1 atom stereocenters. The van der Waals surface area contributed by atoms with E-state index in [4.69, 9.17) is 9.15 Å². The molecule has 0 fully saturated rings. The van der Waals surface area contributed by atoms with Crippen LogP contribution < -0.4 is 4.72 Å². The SMILES string of the molecule is Cc1ccc(-c2nnc(COC(=O)C(NS(=O)(=O)c3ccc(C)c([N+](=O)[O-])c3)C(C)C)o2)cc1. The number of aromatic nitrogens is 2. The molecular weight excluding hydrogens is 464 g/mol. The fourth-order valence-corrected chi connectivity index (χ4v) is 4.34. The minimum absolute atomic E-state index is 0.0449. The fraction of sp³-hybridized carbons (Fsp3) is 0.318. The number of hydrogen-bond donors (Lipinski definition) is 1. The van der Waals surface area contributed by atoms with Crippen molar-refractivity contribution >= 4 is 21.7 Å². The molecule has 0 radical (unpaired) electrons. The Morgan fingerprint density at radius 2 is 1.82 bits per heavy atom. The predicted molar refractivity (Wildman–Crippen MR) is 121 cm³/mol. The second-order valence-electron chi connectivity index (χ2n) is 8.02. The zero-order valence-electron chi connectivity index (χ0n) is 19.0. The van der Waals surface area contributed by atoms with Crippen LogP contribution in [0.15, 0.2) is 51.8 Å². The lowest BCUT2D eigenvalue weighted by Gasteiger charge is -2.20. The van der Waals surface area contributed by atoms with Crippen LogP contribution in [0.4, 0.5) is 5.69 Å². The number of ether oxygens (including phenoxy) is 1. The highest BCUT2D eigenvalue weighted by Crippen LogP contribution is 2.23. The summed E-state index contributed by atoms with van der Waals surface area (Å²) < 4.78 is 38.6. The standard InChI is InChI=1S/C22H24N4O7S/c1-13(2)20(25-34(30,31)17-10-7-15(4)18(11-17)26(28)29)22(27)32-12-19-23-24-21(33-19)16-8-5-14(3)6-9-16/h5-11,13,20,25H,12H2,1-4H3. The summed E-state index contributed by atoms with van der Waals surface area (Å²) in [6.45, 7) is 6.36. The summed E-state index contributed by atoms with van der Waals surface area (Å²) in [6, 6.07) is 9.68. The van der Waals surface area contributed by atoms with Crippen molar-refractivity contribution < 1.29 is 27.3 Å². The van der Waals surface area contributed by atoms with Crippen LogP contribution in [0.1, 0.15) is 30.9 Å². The van der Waals surface area contributed by atoms with E-state index in [0.29, 0.717) is 11.1 Å². The summed E-state index contributed by atoms with van der Waals surface area (Å²) >= 11 is 0. The zero-order chi connectivity index (χ0) is 25.0. The molecule has 1 aromatic heterocycles. The first-order valence-electron chi connectivity index (χ1n) is 10.3. The number of aryl methyl sites for hydroxylation is 2. The van der Waals surface area contributed by atoms with Gasteiger partial charge in [0.1, 0.15) is 6.04 Å². The molecule has 0 aliphatic carbocycles. The summed E-state index contributed by atoms with van der Waals surface area (Å²) in [5, 5.41) is 18.9. The highest BCUT2D eigenvalue weighted by molar-refractivity contribution is 7.89. The molecule has 0 saturated carbocycles. The second-order valence-corrected chi connectivity index (χ2v) is 9.74. The van der Waals surface area contributed by atoms with Gasteiger partial charge in [0.15, 0.2) is 6.61 Å². The first kappa shape index (κ1) is 25.0. The first-order valence-corrected chi connectivity index (χ1v) is 11.8. The van der Waals surface area contributed by atoms with Gasteiger partial charge < -0.3 is 9.15 Å². The third-order valence-corrected chi connectivity index (χ3v) is 6.43. The molecule has 180 valence electrons. The van der Waals surface area contributed by atoms with Gasteiger partial charge in [0, 0.05) is 17.2 Å². The highest BCUT2D eigenvalue weighted by atomic mass is 32.2. The molecule has 3 rings (SSSR count). The van der Waals surface area contributed by atoms with Gasteiger partial charge in [-0.15, -0.1) is 10.2 Å². The van der Waals surface area contributed by atoms with E-state index in [0.717, 1.165) is 11.6 Å². The average molecular weight is 489 g/mol. The maximum Gasteiger partial charge on any atom is 0.324 e. The Kier molecular flexibility index (Phi) is 7.42. The molecule has 0 aliphatic rings. The number of rotatable bonds is 9. The van der Waals surface area contributed by atoms with Crippen molar-refractivity contribution in [2.45, 2.75) is 45.2 Å². The molecule has 0 amide bonds. The van der Waals surface area contributed by atoms with Gasteiger partial charge in [-0.2, -0.15) is 4.72 Å². The number of nitro benzene ring substituents is 1. The van der Waals surface area contributed by atoms with E-state index in [1.807, 2.05) is 31.2 Å². The molecule has 0 saturated heterocycles. The minimum atomic E-state index is -4.25. The Labute approximate surface area is 196 Å². The fourth-order valence-electron chi connectivity index (χ4n) is 2.99. The summed E-state index contributed by atoms with van der Waals surface area (Å²) in [4.78, 5) is 22.8. The van der Waals surface area contributed by atoms with Crippen molar-refractivity contribution in [2.75, 3.05) is 0 Å². The maximum absolute atomic E-state index is 12.8. The number of nitrogens with one attached hydrogen (secondary N) is 1. The number of nitro groups is 1. The molecule has 11 nitrogen and oxygen atoms in total. The van der Waals surface area contributed by atoms with Crippen LogP contribution in [0.3, 0.4) is 0 Å². The van der Waals surface area contributed by atoms with Crippen molar-refractivity contribution in [1.29, 1.82) is 0 Å². The molecule has 0 aliphatic heterocycles. The smallest absolute Gasteiger partial charge is 0.324 e. The number of carbonyl (C=O) groups excluding carboxylic acids is 1. The van der Waals surface area contributed by atoms with Crippen molar-refractivity contribution in [2.24, 2.45) is 5.92 Å². The number of benzene rings is 2. The van der Waals surface area contributed by atoms with Crippen molar-refractivity contribution in [3.8, 4) is 11.5 Å². The van der Waals surface area contributed by atoms with Crippen molar-refractivity contribution in [3.63, 3.8) is 0 Å². The normalized spacial score (nSPS) is 12.5. The lowest BCUT2D eigenvalue weighted by atomic mass is 10.1. The summed E-state index contributed by atoms with van der Waals surface area (Å²) in [7, 11) is -4.25. The summed E-state index contributed by atoms with van der Waals surface area (Å²) in [5.74, 6) is -1.03. The van der Waals surface area contributed by atoms with Gasteiger partial charge in [-0.25, -0.2) is 8.42 Å². The van der Waals surface area contributed by atoms with Gasteiger partial charge in [-0.3, -0.25) is 14.9 Å². The lowest BCUT2D eigenvalue weighted by Crippen LogP contribution is -2.45. The molecule has 0 spiro atoms. The van der Waals surface area contributed by atoms with E-state index in [-0.39, 0.29) is 29.0 Å². The topological polar surface area (TPSA) is 155 Å². The number of hydrogen-bond acceptors (Lipinski definition) is 9. The van der Waals surface area contributed by atoms with Crippen LogP contribution in [0.25, 0.3) is 11.5 Å². The molecule has 1 N–H and O–H groups in total. The van der Waals surface area contributed by atoms with Gasteiger partial charge in [0.05, 0.1) is 9.82 Å². The van der Waals surface area contributed by atoms with Gasteiger partial charge in [0.25, 0.3) is 11.6 Å². The minimum Gasteiger partial charge on any atom is -0.454 e. The number of sulfonamides is 1. The molecular formula is C22H24N4O7S. The van der Waals surface area contributed by atoms with E-state index in [2.05, 4.69) is 14.9 Å². The van der Waals surface area contributed by atoms with Crippen LogP contribution in [0, 0.1) is 29.9 Å². The van der Waals surface area contributed by atoms with Crippen LogP contribution >= 0.6 is 0 Å². The van der Waals surface area contributed by atoms with Crippen LogP contribution in [-0.4, -0.2) is 35.5 Å². The van der Waals surface area contributed by atoms with Crippen molar-refractivity contribution in [3.05, 3.63) is 69.6 Å². The molecule has 12 heteroatoms. The Morgan fingerprint density at radius 1 is 1.15 bits per heavy atom. The summed E-state index contributed by atoms with van der Waals surface area (Å²) in [5.41, 5.74) is 1.75. The Balaban J connectivity index is 1.71. The van der Waals surface area contributed by atoms with Gasteiger partial charge >= 0.3 is 5.97 Å². The van der Waals surface area contributed by atoms with Gasteiger partial charge in [-0.1, -0.05) is 37.6 Å². The number of carbonyl (C=O) groups is 1. The molecule has 1 heterocycles. The van der Waals surface area contributed by atoms with E-state index < -0.39 is 32.9 Å². The van der Waals surface area contributed by atoms with E-state index in [9.17, 15) is 23.3 Å². The first-order chi connectivity index (χ1) is 16.0. The lowest BCUT2D eigenvalue weighted by molar-refractivity contribution is -0.385. The molecule has 0 bridgehead atoms. The molecule has 1 unspecified atom stereocenters. The molecule has 3 aromatic rings. The predicted octanol–water partition coefficient (Wildman–Crippen LogP) is 3.31. The van der Waals surface area contributed by atoms with Crippen LogP contribution in [0.5, 0.6) is 0 Å². The van der Waals surface area contributed by atoms with Crippen molar-refractivity contribution in [1.82, 2.24) is 14.9 Å². The van der Waals surface area contributed by atoms with Gasteiger partial charge in [0.2, 0.25) is 15.9 Å². The second kappa shape index (κ2) is 10.1. The van der Waals surface area contributed by atoms with E-state index >= 15 is 0 Å². The third-order valence-electron chi connectivity index (χ3n) is 4.99. The van der Waals surface area contributed by atoms with Gasteiger partial charge in [-0.05, 0) is 38.0 Å². The number of esters is 1. The number of nitrogens with zero attached hydrogens (tertiary/aromatic N) is 3. The zero-order valence-corrected chi connectivity index (χ0v) is 19.8.